The molecule has 0 heterocycles. The Morgan fingerprint density at radius 3 is 2.25 bits per heavy atom. The Balaban J connectivity index is 2.86. The number of aliphatic hydroxyl groups excluding tert-OH is 1. The molecule has 0 aliphatic carbocycles. The molecule has 1 aromatic rings. The van der Waals surface area contributed by atoms with Crippen LogP contribution in [0.3, 0.4) is 0 Å². The minimum atomic E-state index is 0.224. The van der Waals surface area contributed by atoms with Gasteiger partial charge in [-0.25, -0.2) is 0 Å². The molecule has 0 fully saturated rings. The maximum absolute atomic E-state index is 9.14. The zero-order valence-corrected chi connectivity index (χ0v) is 10.6. The number of benzene rings is 1. The van der Waals surface area contributed by atoms with Crippen molar-refractivity contribution in [1.82, 2.24) is 4.90 Å². The summed E-state index contributed by atoms with van der Waals surface area (Å²) in [6, 6.07) is 11.4. The maximum Gasteiger partial charge on any atom is 0.0558 e. The average molecular weight is 221 g/mol. The Labute approximate surface area is 98.9 Å². The first-order valence-corrected chi connectivity index (χ1v) is 6.12. The van der Waals surface area contributed by atoms with Crippen molar-refractivity contribution in [2.45, 2.75) is 39.3 Å². The van der Waals surface area contributed by atoms with E-state index in [1.165, 1.54) is 5.56 Å². The van der Waals surface area contributed by atoms with Crippen molar-refractivity contribution in [2.75, 3.05) is 13.2 Å². The molecule has 0 spiro atoms. The van der Waals surface area contributed by atoms with Crippen molar-refractivity contribution >= 4 is 0 Å². The molecule has 0 aromatic heterocycles. The highest BCUT2D eigenvalue weighted by atomic mass is 16.3. The summed E-state index contributed by atoms with van der Waals surface area (Å²) >= 11 is 0. The lowest BCUT2D eigenvalue weighted by molar-refractivity contribution is 0.115. The molecule has 0 aliphatic heterocycles. The summed E-state index contributed by atoms with van der Waals surface area (Å²) in [6.45, 7) is 7.53. The van der Waals surface area contributed by atoms with E-state index in [9.17, 15) is 0 Å². The second-order valence-electron chi connectivity index (χ2n) is 4.39. The molecule has 90 valence electrons. The molecule has 0 bridgehead atoms. The van der Waals surface area contributed by atoms with Gasteiger partial charge in [-0.05, 0) is 25.8 Å². The number of nitrogens with zero attached hydrogens (tertiary/aromatic N) is 1. The molecule has 0 saturated heterocycles. The van der Waals surface area contributed by atoms with Crippen LogP contribution in [0.25, 0.3) is 0 Å². The Kier molecular flexibility index (Phi) is 5.50. The van der Waals surface area contributed by atoms with E-state index in [-0.39, 0.29) is 6.61 Å². The standard InChI is InChI=1S/C14H23NO/c1-4-14(13-8-6-5-7-9-13)15(10-11-16)12(2)3/h5-9,12,14,16H,4,10-11H2,1-3H3/t14-/m1/s1. The fraction of sp³-hybridized carbons (Fsp3) is 0.571. The van der Waals surface area contributed by atoms with Crippen LogP contribution in [-0.2, 0) is 0 Å². The molecule has 1 N–H and O–H groups in total. The third-order valence-corrected chi connectivity index (χ3v) is 2.99. The predicted octanol–water partition coefficient (Wildman–Crippen LogP) is 2.84. The lowest BCUT2D eigenvalue weighted by Crippen LogP contribution is -2.36. The van der Waals surface area contributed by atoms with Gasteiger partial charge in [0.05, 0.1) is 6.61 Å². The van der Waals surface area contributed by atoms with Crippen LogP contribution in [0, 0.1) is 0 Å². The molecule has 1 rings (SSSR count). The summed E-state index contributed by atoms with van der Waals surface area (Å²) in [7, 11) is 0. The van der Waals surface area contributed by atoms with Gasteiger partial charge in [0.25, 0.3) is 0 Å². The van der Waals surface area contributed by atoms with Crippen LogP contribution in [0.2, 0.25) is 0 Å². The second-order valence-corrected chi connectivity index (χ2v) is 4.39. The van der Waals surface area contributed by atoms with Gasteiger partial charge < -0.3 is 5.11 Å². The van der Waals surface area contributed by atoms with Crippen molar-refractivity contribution in [3.63, 3.8) is 0 Å². The summed E-state index contributed by atoms with van der Waals surface area (Å²) in [5.41, 5.74) is 1.34. The first-order valence-electron chi connectivity index (χ1n) is 6.12. The van der Waals surface area contributed by atoms with Crippen molar-refractivity contribution in [3.8, 4) is 0 Å². The van der Waals surface area contributed by atoms with Gasteiger partial charge in [-0.3, -0.25) is 4.90 Å². The predicted molar refractivity (Wildman–Crippen MR) is 68.4 cm³/mol. The van der Waals surface area contributed by atoms with Gasteiger partial charge in [-0.15, -0.1) is 0 Å². The lowest BCUT2D eigenvalue weighted by atomic mass is 10.0. The largest absolute Gasteiger partial charge is 0.395 e. The molecule has 2 heteroatoms. The van der Waals surface area contributed by atoms with E-state index in [1.807, 2.05) is 6.07 Å². The van der Waals surface area contributed by atoms with E-state index >= 15 is 0 Å². The molecular weight excluding hydrogens is 198 g/mol. The summed E-state index contributed by atoms with van der Waals surface area (Å²) in [5, 5.41) is 9.14. The van der Waals surface area contributed by atoms with Crippen LogP contribution >= 0.6 is 0 Å². The molecule has 0 amide bonds. The second kappa shape index (κ2) is 6.66. The van der Waals surface area contributed by atoms with E-state index in [0.717, 1.165) is 13.0 Å². The van der Waals surface area contributed by atoms with Gasteiger partial charge in [0.15, 0.2) is 0 Å². The highest BCUT2D eigenvalue weighted by Gasteiger charge is 2.20. The smallest absolute Gasteiger partial charge is 0.0558 e. The fourth-order valence-corrected chi connectivity index (χ4v) is 2.23. The molecule has 16 heavy (non-hydrogen) atoms. The number of aliphatic hydroxyl groups is 1. The van der Waals surface area contributed by atoms with Crippen LogP contribution in [0.1, 0.15) is 38.8 Å². The highest BCUT2D eigenvalue weighted by molar-refractivity contribution is 5.19. The van der Waals surface area contributed by atoms with Crippen LogP contribution in [-0.4, -0.2) is 29.2 Å². The van der Waals surface area contributed by atoms with Crippen LogP contribution < -0.4 is 0 Å². The van der Waals surface area contributed by atoms with Crippen molar-refractivity contribution in [2.24, 2.45) is 0 Å². The molecule has 0 unspecified atom stereocenters. The van der Waals surface area contributed by atoms with Crippen LogP contribution in [0.15, 0.2) is 30.3 Å². The molecule has 0 saturated carbocycles. The minimum absolute atomic E-state index is 0.224. The van der Waals surface area contributed by atoms with E-state index in [2.05, 4.69) is 49.9 Å². The van der Waals surface area contributed by atoms with Crippen LogP contribution in [0.5, 0.6) is 0 Å². The number of rotatable bonds is 6. The summed E-state index contributed by atoms with van der Waals surface area (Å²) < 4.78 is 0. The topological polar surface area (TPSA) is 23.5 Å². The lowest BCUT2D eigenvalue weighted by Gasteiger charge is -2.34. The third kappa shape index (κ3) is 3.32. The number of hydrogen-bond acceptors (Lipinski definition) is 2. The monoisotopic (exact) mass is 221 g/mol. The van der Waals surface area contributed by atoms with E-state index in [1.54, 1.807) is 0 Å². The van der Waals surface area contributed by atoms with Gasteiger partial charge in [0.1, 0.15) is 0 Å². The minimum Gasteiger partial charge on any atom is -0.395 e. The zero-order valence-electron chi connectivity index (χ0n) is 10.6. The Hall–Kier alpha value is -0.860. The average Bonchev–Trinajstić information content (AvgIpc) is 2.30. The van der Waals surface area contributed by atoms with Gasteiger partial charge in [-0.2, -0.15) is 0 Å². The molecule has 0 aliphatic rings. The third-order valence-electron chi connectivity index (χ3n) is 2.99. The Morgan fingerprint density at radius 1 is 1.19 bits per heavy atom. The Morgan fingerprint density at radius 2 is 1.81 bits per heavy atom. The van der Waals surface area contributed by atoms with Crippen molar-refractivity contribution in [3.05, 3.63) is 35.9 Å². The molecular formula is C14H23NO. The molecule has 1 atom stereocenters. The van der Waals surface area contributed by atoms with E-state index in [4.69, 9.17) is 5.11 Å². The van der Waals surface area contributed by atoms with Gasteiger partial charge in [0.2, 0.25) is 0 Å². The normalized spacial score (nSPS) is 13.4. The first kappa shape index (κ1) is 13.2. The van der Waals surface area contributed by atoms with E-state index < -0.39 is 0 Å². The van der Waals surface area contributed by atoms with E-state index in [0.29, 0.717) is 12.1 Å². The zero-order chi connectivity index (χ0) is 12.0. The quantitative estimate of drug-likeness (QED) is 0.798. The molecule has 2 nitrogen and oxygen atoms in total. The molecule has 0 radical (unpaired) electrons. The SMILES string of the molecule is CC[C@H](c1ccccc1)N(CCO)C(C)C. The first-order chi connectivity index (χ1) is 7.70. The Bertz CT molecular complexity index is 284. The molecule has 1 aromatic carbocycles. The fourth-order valence-electron chi connectivity index (χ4n) is 2.23. The highest BCUT2D eigenvalue weighted by Crippen LogP contribution is 2.25. The van der Waals surface area contributed by atoms with Gasteiger partial charge in [0, 0.05) is 18.6 Å². The summed E-state index contributed by atoms with van der Waals surface area (Å²) in [4.78, 5) is 2.36. The van der Waals surface area contributed by atoms with Crippen LogP contribution in [0.4, 0.5) is 0 Å². The maximum atomic E-state index is 9.14. The van der Waals surface area contributed by atoms with Gasteiger partial charge in [-0.1, -0.05) is 37.3 Å². The summed E-state index contributed by atoms with van der Waals surface area (Å²) in [6.07, 6.45) is 1.07. The number of hydrogen-bond donors (Lipinski definition) is 1. The van der Waals surface area contributed by atoms with Crippen molar-refractivity contribution in [1.29, 1.82) is 0 Å². The van der Waals surface area contributed by atoms with Crippen molar-refractivity contribution < 1.29 is 5.11 Å². The summed E-state index contributed by atoms with van der Waals surface area (Å²) in [5.74, 6) is 0. The van der Waals surface area contributed by atoms with Gasteiger partial charge >= 0.3 is 0 Å².